The van der Waals surface area contributed by atoms with Crippen LogP contribution in [0.4, 0.5) is 18.9 Å². The molecule has 0 spiro atoms. The third-order valence-electron chi connectivity index (χ3n) is 3.33. The third-order valence-corrected chi connectivity index (χ3v) is 3.53. The molecule has 7 heteroatoms. The number of benzene rings is 2. The van der Waals surface area contributed by atoms with Crippen molar-refractivity contribution in [2.45, 2.75) is 12.7 Å². The van der Waals surface area contributed by atoms with Gasteiger partial charge in [0.25, 0.3) is 5.24 Å². The van der Waals surface area contributed by atoms with Crippen LogP contribution in [-0.4, -0.2) is 5.24 Å². The van der Waals surface area contributed by atoms with Gasteiger partial charge in [-0.2, -0.15) is 13.2 Å². The molecule has 1 N–H and O–H groups in total. The fourth-order valence-corrected chi connectivity index (χ4v) is 2.44. The zero-order valence-electron chi connectivity index (χ0n) is 11.0. The average molecular weight is 328 g/mol. The Labute approximate surface area is 128 Å². The standard InChI is InChI=1S/C15H9ClF3NO2/c16-14(21)9-2-1-3-12-10(9)7-20-11-6-8(15(17,18)19)4-5-13(11)22-12/h1-6,20H,7H2. The number of rotatable bonds is 1. The summed E-state index contributed by atoms with van der Waals surface area (Å²) in [6.07, 6.45) is -4.44. The Kier molecular flexibility index (Phi) is 3.48. The summed E-state index contributed by atoms with van der Waals surface area (Å²) in [4.78, 5) is 11.4. The number of hydrogen-bond donors (Lipinski definition) is 1. The van der Waals surface area contributed by atoms with Gasteiger partial charge in [0.05, 0.1) is 11.3 Å². The minimum absolute atomic E-state index is 0.137. The molecule has 0 unspecified atom stereocenters. The van der Waals surface area contributed by atoms with E-state index < -0.39 is 17.0 Å². The Hall–Kier alpha value is -2.21. The number of carbonyl (C=O) groups is 1. The minimum atomic E-state index is -4.44. The van der Waals surface area contributed by atoms with Gasteiger partial charge in [0.1, 0.15) is 5.75 Å². The third kappa shape index (κ3) is 2.62. The van der Waals surface area contributed by atoms with Crippen molar-refractivity contribution in [3.63, 3.8) is 0 Å². The van der Waals surface area contributed by atoms with Gasteiger partial charge in [-0.05, 0) is 41.9 Å². The van der Waals surface area contributed by atoms with Crippen molar-refractivity contribution in [1.29, 1.82) is 0 Å². The highest BCUT2D eigenvalue weighted by Gasteiger charge is 2.31. The van der Waals surface area contributed by atoms with Gasteiger partial charge in [0.2, 0.25) is 0 Å². The molecule has 0 fully saturated rings. The fourth-order valence-electron chi connectivity index (χ4n) is 2.26. The Morgan fingerprint density at radius 2 is 1.95 bits per heavy atom. The first-order valence-corrected chi connectivity index (χ1v) is 6.69. The van der Waals surface area contributed by atoms with Gasteiger partial charge in [-0.1, -0.05) is 6.07 Å². The lowest BCUT2D eigenvalue weighted by Crippen LogP contribution is -2.06. The van der Waals surface area contributed by atoms with Gasteiger partial charge in [-0.3, -0.25) is 4.79 Å². The van der Waals surface area contributed by atoms with Gasteiger partial charge in [0.15, 0.2) is 5.75 Å². The lowest BCUT2D eigenvalue weighted by molar-refractivity contribution is -0.137. The second-order valence-corrected chi connectivity index (χ2v) is 5.06. The molecule has 0 bridgehead atoms. The van der Waals surface area contributed by atoms with Crippen molar-refractivity contribution in [2.75, 3.05) is 5.32 Å². The van der Waals surface area contributed by atoms with E-state index in [1.807, 2.05) is 0 Å². The summed E-state index contributed by atoms with van der Waals surface area (Å²) >= 11 is 5.52. The van der Waals surface area contributed by atoms with Crippen LogP contribution in [0.3, 0.4) is 0 Å². The molecule has 0 radical (unpaired) electrons. The summed E-state index contributed by atoms with van der Waals surface area (Å²) < 4.78 is 43.9. The summed E-state index contributed by atoms with van der Waals surface area (Å²) in [7, 11) is 0. The number of anilines is 1. The predicted octanol–water partition coefficient (Wildman–Crippen LogP) is 4.80. The normalized spacial score (nSPS) is 13.3. The molecule has 1 aliphatic rings. The molecule has 22 heavy (non-hydrogen) atoms. The van der Waals surface area contributed by atoms with Crippen LogP contribution in [0, 0.1) is 0 Å². The van der Waals surface area contributed by atoms with Gasteiger partial charge in [0, 0.05) is 17.7 Å². The molecule has 0 amide bonds. The largest absolute Gasteiger partial charge is 0.455 e. The number of halogens is 4. The highest BCUT2D eigenvalue weighted by molar-refractivity contribution is 6.68. The second-order valence-electron chi connectivity index (χ2n) is 4.72. The van der Waals surface area contributed by atoms with Crippen molar-refractivity contribution in [3.05, 3.63) is 53.1 Å². The lowest BCUT2D eigenvalue weighted by Gasteiger charge is -2.12. The summed E-state index contributed by atoms with van der Waals surface area (Å²) in [5.41, 5.74) is 0.198. The molecule has 2 aromatic carbocycles. The van der Waals surface area contributed by atoms with Crippen LogP contribution in [0.25, 0.3) is 0 Å². The minimum Gasteiger partial charge on any atom is -0.455 e. The first-order chi connectivity index (χ1) is 10.4. The highest BCUT2D eigenvalue weighted by atomic mass is 35.5. The summed E-state index contributed by atoms with van der Waals surface area (Å²) in [6, 6.07) is 7.94. The number of alkyl halides is 3. The number of nitrogens with one attached hydrogen (secondary N) is 1. The van der Waals surface area contributed by atoms with Gasteiger partial charge >= 0.3 is 6.18 Å². The van der Waals surface area contributed by atoms with E-state index in [-0.39, 0.29) is 23.5 Å². The maximum absolute atomic E-state index is 12.8. The van der Waals surface area contributed by atoms with Crippen LogP contribution in [0.5, 0.6) is 11.5 Å². The molecular weight excluding hydrogens is 319 g/mol. The van der Waals surface area contributed by atoms with Crippen LogP contribution in [-0.2, 0) is 12.7 Å². The highest BCUT2D eigenvalue weighted by Crippen LogP contribution is 2.40. The number of ether oxygens (including phenoxy) is 1. The average Bonchev–Trinajstić information content (AvgIpc) is 2.63. The number of hydrogen-bond acceptors (Lipinski definition) is 3. The number of carbonyl (C=O) groups excluding carboxylic acids is 1. The zero-order chi connectivity index (χ0) is 15.9. The van der Waals surface area contributed by atoms with E-state index in [2.05, 4.69) is 5.32 Å². The molecule has 0 saturated heterocycles. The molecule has 1 heterocycles. The number of fused-ring (bicyclic) bond motifs is 2. The van der Waals surface area contributed by atoms with E-state index in [0.29, 0.717) is 11.3 Å². The Morgan fingerprint density at radius 3 is 2.64 bits per heavy atom. The smallest absolute Gasteiger partial charge is 0.416 e. The SMILES string of the molecule is O=C(Cl)c1cccc2c1CNc1cc(C(F)(F)F)ccc1O2. The molecule has 0 atom stereocenters. The molecule has 0 aromatic heterocycles. The quantitative estimate of drug-likeness (QED) is 0.764. The Bertz CT molecular complexity index is 759. The molecule has 0 aliphatic carbocycles. The Morgan fingerprint density at radius 1 is 1.18 bits per heavy atom. The van der Waals surface area contributed by atoms with Crippen molar-refractivity contribution in [2.24, 2.45) is 0 Å². The summed E-state index contributed by atoms with van der Waals surface area (Å²) in [6.45, 7) is 0.137. The molecule has 3 nitrogen and oxygen atoms in total. The van der Waals surface area contributed by atoms with Crippen molar-refractivity contribution < 1.29 is 22.7 Å². The molecular formula is C15H9ClF3NO2. The molecule has 1 aliphatic heterocycles. The van der Waals surface area contributed by atoms with E-state index in [9.17, 15) is 18.0 Å². The fraction of sp³-hybridized carbons (Fsp3) is 0.133. The molecule has 114 valence electrons. The maximum atomic E-state index is 12.8. The molecule has 2 aromatic rings. The van der Waals surface area contributed by atoms with Crippen LogP contribution >= 0.6 is 11.6 Å². The van der Waals surface area contributed by atoms with Crippen molar-refractivity contribution in [3.8, 4) is 11.5 Å². The lowest BCUT2D eigenvalue weighted by atomic mass is 10.1. The second kappa shape index (κ2) is 5.21. The monoisotopic (exact) mass is 327 g/mol. The first-order valence-electron chi connectivity index (χ1n) is 6.31. The van der Waals surface area contributed by atoms with Crippen LogP contribution < -0.4 is 10.1 Å². The van der Waals surface area contributed by atoms with Crippen LogP contribution in [0.1, 0.15) is 21.5 Å². The van der Waals surface area contributed by atoms with Crippen molar-refractivity contribution in [1.82, 2.24) is 0 Å². The molecule has 0 saturated carbocycles. The van der Waals surface area contributed by atoms with Crippen LogP contribution in [0.2, 0.25) is 0 Å². The first kappa shape index (κ1) is 14.7. The molecule has 3 rings (SSSR count). The van der Waals surface area contributed by atoms with E-state index in [1.165, 1.54) is 12.1 Å². The van der Waals surface area contributed by atoms with Crippen LogP contribution in [0.15, 0.2) is 36.4 Å². The van der Waals surface area contributed by atoms with E-state index in [0.717, 1.165) is 12.1 Å². The maximum Gasteiger partial charge on any atom is 0.416 e. The summed E-state index contributed by atoms with van der Waals surface area (Å²) in [5.74, 6) is 0.642. The summed E-state index contributed by atoms with van der Waals surface area (Å²) in [5, 5.41) is 2.20. The Balaban J connectivity index is 2.04. The van der Waals surface area contributed by atoms with Gasteiger partial charge in [-0.15, -0.1) is 0 Å². The van der Waals surface area contributed by atoms with Gasteiger partial charge in [-0.25, -0.2) is 0 Å². The van der Waals surface area contributed by atoms with Gasteiger partial charge < -0.3 is 10.1 Å². The zero-order valence-corrected chi connectivity index (χ0v) is 11.8. The van der Waals surface area contributed by atoms with Crippen molar-refractivity contribution >= 4 is 22.5 Å². The van der Waals surface area contributed by atoms with E-state index in [4.69, 9.17) is 16.3 Å². The topological polar surface area (TPSA) is 38.3 Å². The predicted molar refractivity (Wildman–Crippen MR) is 75.5 cm³/mol. The van der Waals surface area contributed by atoms with E-state index >= 15 is 0 Å². The van der Waals surface area contributed by atoms with E-state index in [1.54, 1.807) is 12.1 Å².